The highest BCUT2D eigenvalue weighted by atomic mass is 19.1. The summed E-state index contributed by atoms with van der Waals surface area (Å²) in [7, 11) is 0. The summed E-state index contributed by atoms with van der Waals surface area (Å²) in [6.07, 6.45) is 0. The minimum atomic E-state index is -0.112. The zero-order chi connectivity index (χ0) is 16.4. The number of carbonyl (C=O) groups is 1. The molecule has 1 aromatic rings. The molecule has 0 N–H and O–H groups in total. The van der Waals surface area contributed by atoms with Crippen molar-refractivity contribution >= 4 is 5.91 Å². The lowest BCUT2D eigenvalue weighted by Gasteiger charge is -2.39. The Morgan fingerprint density at radius 3 is 2.52 bits per heavy atom. The van der Waals surface area contributed by atoms with Gasteiger partial charge in [0.15, 0.2) is 0 Å². The number of amides is 1. The summed E-state index contributed by atoms with van der Waals surface area (Å²) in [5.74, 6) is 0.634. The number of piperazine rings is 1. The first-order valence-corrected chi connectivity index (χ1v) is 8.50. The van der Waals surface area contributed by atoms with Gasteiger partial charge >= 0.3 is 0 Å². The third-order valence-corrected chi connectivity index (χ3v) is 5.23. The van der Waals surface area contributed by atoms with Crippen LogP contribution in [0.5, 0.6) is 0 Å². The van der Waals surface area contributed by atoms with Crippen LogP contribution in [0.3, 0.4) is 0 Å². The number of rotatable bonds is 3. The van der Waals surface area contributed by atoms with Crippen molar-refractivity contribution in [3.8, 4) is 0 Å². The molecule has 1 aromatic carbocycles. The van der Waals surface area contributed by atoms with Gasteiger partial charge in [-0.1, -0.05) is 25.1 Å². The van der Waals surface area contributed by atoms with Gasteiger partial charge in [0, 0.05) is 64.3 Å². The smallest absolute Gasteiger partial charge is 0.219 e. The van der Waals surface area contributed by atoms with Gasteiger partial charge in [-0.25, -0.2) is 4.39 Å². The number of nitrogens with zero attached hydrogens (tertiary/aromatic N) is 3. The van der Waals surface area contributed by atoms with Gasteiger partial charge in [-0.05, 0) is 12.0 Å². The monoisotopic (exact) mass is 319 g/mol. The van der Waals surface area contributed by atoms with Gasteiger partial charge in [-0.2, -0.15) is 0 Å². The molecule has 0 unspecified atom stereocenters. The molecule has 3 rings (SSSR count). The Balaban J connectivity index is 1.57. The number of hydrogen-bond donors (Lipinski definition) is 0. The Hall–Kier alpha value is -1.46. The predicted molar refractivity (Wildman–Crippen MR) is 88.5 cm³/mol. The van der Waals surface area contributed by atoms with Gasteiger partial charge in [0.05, 0.1) is 0 Å². The van der Waals surface area contributed by atoms with Crippen LogP contribution in [0.15, 0.2) is 24.3 Å². The summed E-state index contributed by atoms with van der Waals surface area (Å²) in [6, 6.07) is 7.56. The molecule has 4 nitrogen and oxygen atoms in total. The molecule has 0 aliphatic carbocycles. The lowest BCUT2D eigenvalue weighted by Crippen LogP contribution is -2.53. The largest absolute Gasteiger partial charge is 0.340 e. The van der Waals surface area contributed by atoms with Crippen LogP contribution in [-0.4, -0.2) is 65.9 Å². The molecular formula is C18H26FN3O. The molecule has 2 heterocycles. The molecular weight excluding hydrogens is 293 g/mol. The minimum absolute atomic E-state index is 0.112. The first kappa shape index (κ1) is 16.4. The highest BCUT2D eigenvalue weighted by Gasteiger charge is 2.35. The van der Waals surface area contributed by atoms with Gasteiger partial charge in [-0.3, -0.25) is 14.6 Å². The normalized spacial score (nSPS) is 26.7. The fourth-order valence-electron chi connectivity index (χ4n) is 3.89. The summed E-state index contributed by atoms with van der Waals surface area (Å²) >= 11 is 0. The molecule has 2 atom stereocenters. The highest BCUT2D eigenvalue weighted by Crippen LogP contribution is 2.25. The van der Waals surface area contributed by atoms with Gasteiger partial charge < -0.3 is 4.90 Å². The standard InChI is InChI=1S/C18H26FN3O/c1-14-11-20(12-16-5-3-4-6-17(16)19)13-18(14)22-9-7-21(8-10-22)15(2)23/h3-6,14,18H,7-13H2,1-2H3/t14-,18-/m1/s1. The van der Waals surface area contributed by atoms with E-state index in [1.54, 1.807) is 13.0 Å². The number of benzene rings is 1. The van der Waals surface area contributed by atoms with Crippen molar-refractivity contribution in [1.82, 2.24) is 14.7 Å². The molecule has 5 heteroatoms. The molecule has 126 valence electrons. The van der Waals surface area contributed by atoms with Crippen LogP contribution < -0.4 is 0 Å². The molecule has 0 aromatic heterocycles. The van der Waals surface area contributed by atoms with E-state index in [2.05, 4.69) is 16.7 Å². The highest BCUT2D eigenvalue weighted by molar-refractivity contribution is 5.73. The number of likely N-dealkylation sites (tertiary alicyclic amines) is 1. The van der Waals surface area contributed by atoms with Gasteiger partial charge in [0.25, 0.3) is 0 Å². The van der Waals surface area contributed by atoms with Crippen molar-refractivity contribution in [2.75, 3.05) is 39.3 Å². The maximum Gasteiger partial charge on any atom is 0.219 e. The number of hydrogen-bond acceptors (Lipinski definition) is 3. The Kier molecular flexibility index (Phi) is 4.97. The SMILES string of the molecule is CC(=O)N1CCN([C@@H]2CN(Cc3ccccc3F)C[C@H]2C)CC1. The van der Waals surface area contributed by atoms with E-state index in [1.165, 1.54) is 6.07 Å². The molecule has 2 saturated heterocycles. The average molecular weight is 319 g/mol. The molecule has 0 bridgehead atoms. The molecule has 1 amide bonds. The van der Waals surface area contributed by atoms with Crippen molar-refractivity contribution in [2.45, 2.75) is 26.4 Å². The van der Waals surface area contributed by atoms with Crippen LogP contribution in [0.25, 0.3) is 0 Å². The van der Waals surface area contributed by atoms with Crippen LogP contribution in [0.2, 0.25) is 0 Å². The van der Waals surface area contributed by atoms with E-state index in [4.69, 9.17) is 0 Å². The fraction of sp³-hybridized carbons (Fsp3) is 0.611. The Bertz CT molecular complexity index is 557. The van der Waals surface area contributed by atoms with Gasteiger partial charge in [0.2, 0.25) is 5.91 Å². The van der Waals surface area contributed by atoms with Crippen molar-refractivity contribution < 1.29 is 9.18 Å². The summed E-state index contributed by atoms with van der Waals surface area (Å²) in [4.78, 5) is 18.2. The second kappa shape index (κ2) is 6.97. The van der Waals surface area contributed by atoms with Gasteiger partial charge in [-0.15, -0.1) is 0 Å². The van der Waals surface area contributed by atoms with Crippen LogP contribution in [-0.2, 0) is 11.3 Å². The number of carbonyl (C=O) groups excluding carboxylic acids is 1. The third-order valence-electron chi connectivity index (χ3n) is 5.23. The molecule has 2 aliphatic heterocycles. The Morgan fingerprint density at radius 2 is 1.87 bits per heavy atom. The first-order valence-electron chi connectivity index (χ1n) is 8.50. The van der Waals surface area contributed by atoms with Gasteiger partial charge in [0.1, 0.15) is 5.82 Å². The first-order chi connectivity index (χ1) is 11.0. The van der Waals surface area contributed by atoms with E-state index in [0.717, 1.165) is 44.8 Å². The quantitative estimate of drug-likeness (QED) is 0.850. The fourth-order valence-corrected chi connectivity index (χ4v) is 3.89. The molecule has 2 aliphatic rings. The van der Waals surface area contributed by atoms with Crippen molar-refractivity contribution in [3.05, 3.63) is 35.6 Å². The Morgan fingerprint density at radius 1 is 1.17 bits per heavy atom. The maximum atomic E-state index is 13.8. The summed E-state index contributed by atoms with van der Waals surface area (Å²) in [5.41, 5.74) is 0.779. The zero-order valence-electron chi connectivity index (χ0n) is 14.0. The lowest BCUT2D eigenvalue weighted by atomic mass is 10.0. The molecule has 0 spiro atoms. The van der Waals surface area contributed by atoms with E-state index in [0.29, 0.717) is 18.5 Å². The van der Waals surface area contributed by atoms with E-state index in [-0.39, 0.29) is 11.7 Å². The lowest BCUT2D eigenvalue weighted by molar-refractivity contribution is -0.130. The molecule has 2 fully saturated rings. The average Bonchev–Trinajstić information content (AvgIpc) is 2.90. The van der Waals surface area contributed by atoms with E-state index >= 15 is 0 Å². The van der Waals surface area contributed by atoms with E-state index in [1.807, 2.05) is 17.0 Å². The van der Waals surface area contributed by atoms with E-state index in [9.17, 15) is 9.18 Å². The third kappa shape index (κ3) is 3.72. The topological polar surface area (TPSA) is 26.8 Å². The second-order valence-corrected chi connectivity index (χ2v) is 6.87. The summed E-state index contributed by atoms with van der Waals surface area (Å²) in [6.45, 7) is 10.1. The van der Waals surface area contributed by atoms with Crippen LogP contribution in [0.1, 0.15) is 19.4 Å². The zero-order valence-corrected chi connectivity index (χ0v) is 14.0. The van der Waals surface area contributed by atoms with Crippen molar-refractivity contribution in [3.63, 3.8) is 0 Å². The summed E-state index contributed by atoms with van der Waals surface area (Å²) in [5, 5.41) is 0. The summed E-state index contributed by atoms with van der Waals surface area (Å²) < 4.78 is 13.8. The predicted octanol–water partition coefficient (Wildman–Crippen LogP) is 1.81. The Labute approximate surface area is 137 Å². The second-order valence-electron chi connectivity index (χ2n) is 6.87. The minimum Gasteiger partial charge on any atom is -0.340 e. The molecule has 23 heavy (non-hydrogen) atoms. The van der Waals surface area contributed by atoms with Crippen molar-refractivity contribution in [2.24, 2.45) is 5.92 Å². The van der Waals surface area contributed by atoms with Crippen LogP contribution >= 0.6 is 0 Å². The van der Waals surface area contributed by atoms with Crippen LogP contribution in [0, 0.1) is 11.7 Å². The van der Waals surface area contributed by atoms with Crippen molar-refractivity contribution in [1.29, 1.82) is 0 Å². The maximum absolute atomic E-state index is 13.8. The van der Waals surface area contributed by atoms with Crippen LogP contribution in [0.4, 0.5) is 4.39 Å². The molecule has 0 saturated carbocycles. The number of halogens is 1. The van der Waals surface area contributed by atoms with E-state index < -0.39 is 0 Å². The molecule has 0 radical (unpaired) electrons.